The van der Waals surface area contributed by atoms with Crippen LogP contribution in [-0.4, -0.2) is 47.8 Å². The Hall–Kier alpha value is -2.40. The normalized spacial score (nSPS) is 27.4. The minimum Gasteiger partial charge on any atom is -0.351 e. The van der Waals surface area contributed by atoms with E-state index in [4.69, 9.17) is 0 Å². The number of benzene rings is 1. The summed E-state index contributed by atoms with van der Waals surface area (Å²) in [5.74, 6) is -0.0543. The predicted molar refractivity (Wildman–Crippen MR) is 112 cm³/mol. The molecule has 2 aromatic rings. The van der Waals surface area contributed by atoms with Gasteiger partial charge in [-0.15, -0.1) is 0 Å². The molecule has 3 fully saturated rings. The van der Waals surface area contributed by atoms with E-state index in [0.717, 1.165) is 25.3 Å². The van der Waals surface area contributed by atoms with Crippen molar-refractivity contribution >= 4 is 15.9 Å². The van der Waals surface area contributed by atoms with Crippen molar-refractivity contribution in [1.29, 1.82) is 0 Å². The van der Waals surface area contributed by atoms with E-state index in [1.165, 1.54) is 35.0 Å². The average molecular weight is 483 g/mol. The lowest BCUT2D eigenvalue weighted by molar-refractivity contribution is -0.137. The number of rotatable bonds is 7. The van der Waals surface area contributed by atoms with Crippen molar-refractivity contribution in [1.82, 2.24) is 19.2 Å². The smallest absolute Gasteiger partial charge is 0.351 e. The number of sulfonamides is 1. The second kappa shape index (κ2) is 7.56. The number of aryl methyl sites for hydroxylation is 1. The zero-order valence-electron chi connectivity index (χ0n) is 18.0. The Morgan fingerprint density at radius 2 is 1.88 bits per heavy atom. The molecule has 1 aromatic carbocycles. The first-order chi connectivity index (χ1) is 15.5. The van der Waals surface area contributed by atoms with Crippen LogP contribution in [0, 0.1) is 23.2 Å². The summed E-state index contributed by atoms with van der Waals surface area (Å²) in [6.07, 6.45) is 1.35. The second-order valence-electron chi connectivity index (χ2n) is 9.52. The van der Waals surface area contributed by atoms with Crippen molar-refractivity contribution in [3.8, 4) is 0 Å². The van der Waals surface area contributed by atoms with Crippen molar-refractivity contribution in [2.45, 2.75) is 30.5 Å². The molecule has 7 nitrogen and oxygen atoms in total. The van der Waals surface area contributed by atoms with Gasteiger partial charge in [-0.2, -0.15) is 17.5 Å². The maximum Gasteiger partial charge on any atom is 0.417 e. The number of piperidine rings is 1. The molecule has 2 atom stereocenters. The molecule has 2 saturated carbocycles. The molecule has 0 bridgehead atoms. The summed E-state index contributed by atoms with van der Waals surface area (Å²) in [5.41, 5.74) is -1.61. The molecule has 1 aromatic heterocycles. The van der Waals surface area contributed by atoms with Crippen molar-refractivity contribution in [2.75, 3.05) is 19.6 Å². The number of nitrogens with one attached hydrogen (secondary N) is 1. The largest absolute Gasteiger partial charge is 0.417 e. The average Bonchev–Trinajstić information content (AvgIpc) is 3.52. The van der Waals surface area contributed by atoms with E-state index in [0.29, 0.717) is 19.0 Å². The van der Waals surface area contributed by atoms with Gasteiger partial charge in [-0.1, -0.05) is 25.0 Å². The van der Waals surface area contributed by atoms with Gasteiger partial charge in [0.1, 0.15) is 0 Å². The summed E-state index contributed by atoms with van der Waals surface area (Å²) < 4.78 is 68.8. The Morgan fingerprint density at radius 1 is 1.21 bits per heavy atom. The summed E-state index contributed by atoms with van der Waals surface area (Å²) in [5, 5.41) is 2.75. The molecule has 11 heteroatoms. The first-order valence-corrected chi connectivity index (χ1v) is 12.4. The summed E-state index contributed by atoms with van der Waals surface area (Å²) in [6, 6.07) is 4.76. The van der Waals surface area contributed by atoms with E-state index in [2.05, 4.69) is 10.3 Å². The van der Waals surface area contributed by atoms with Crippen LogP contribution in [0.2, 0.25) is 0 Å². The molecule has 2 aliphatic carbocycles. The monoisotopic (exact) mass is 482 g/mol. The van der Waals surface area contributed by atoms with Gasteiger partial charge in [-0.3, -0.25) is 4.79 Å². The molecule has 178 valence electrons. The number of amides is 1. The SMILES string of the molecule is Cn1cnc(S(=O)(=O)N2CC3C(C2)C3(CNC(=O)c2ccccc2C(F)(F)F)CC2CC2)c1. The van der Waals surface area contributed by atoms with Crippen LogP contribution in [0.5, 0.6) is 0 Å². The van der Waals surface area contributed by atoms with E-state index >= 15 is 0 Å². The van der Waals surface area contributed by atoms with Crippen LogP contribution < -0.4 is 5.32 Å². The van der Waals surface area contributed by atoms with Crippen molar-refractivity contribution in [3.63, 3.8) is 0 Å². The van der Waals surface area contributed by atoms with Crippen LogP contribution >= 0.6 is 0 Å². The fourth-order valence-electron chi connectivity index (χ4n) is 5.42. The van der Waals surface area contributed by atoms with E-state index in [9.17, 15) is 26.4 Å². The fraction of sp³-hybridized carbons (Fsp3) is 0.545. The van der Waals surface area contributed by atoms with Gasteiger partial charge < -0.3 is 9.88 Å². The fourth-order valence-corrected chi connectivity index (χ4v) is 6.88. The third-order valence-corrected chi connectivity index (χ3v) is 9.08. The first kappa shape index (κ1) is 22.4. The molecule has 2 unspecified atom stereocenters. The number of fused-ring (bicyclic) bond motifs is 1. The minimum absolute atomic E-state index is 0.0103. The Bertz CT molecular complexity index is 1180. The summed E-state index contributed by atoms with van der Waals surface area (Å²) in [4.78, 5) is 16.7. The van der Waals surface area contributed by atoms with Crippen molar-refractivity contribution in [3.05, 3.63) is 47.9 Å². The Labute approximate surface area is 190 Å². The van der Waals surface area contributed by atoms with Gasteiger partial charge in [0.2, 0.25) is 0 Å². The molecule has 1 saturated heterocycles. The van der Waals surface area contributed by atoms with Gasteiger partial charge in [0, 0.05) is 32.9 Å². The molecule has 33 heavy (non-hydrogen) atoms. The summed E-state index contributed by atoms with van der Waals surface area (Å²) in [7, 11) is -1.99. The number of carbonyl (C=O) groups excluding carboxylic acids is 1. The predicted octanol–water partition coefficient (Wildman–Crippen LogP) is 2.91. The first-order valence-electron chi connectivity index (χ1n) is 10.9. The summed E-state index contributed by atoms with van der Waals surface area (Å²) in [6.45, 7) is 0.929. The molecule has 5 rings (SSSR count). The number of hydrogen-bond acceptors (Lipinski definition) is 4. The zero-order valence-corrected chi connectivity index (χ0v) is 18.9. The number of carbonyl (C=O) groups is 1. The van der Waals surface area contributed by atoms with Crippen molar-refractivity contribution < 1.29 is 26.4 Å². The number of aromatic nitrogens is 2. The molecule has 1 N–H and O–H groups in total. The number of hydrogen-bond donors (Lipinski definition) is 1. The zero-order chi connectivity index (χ0) is 23.6. The molecule has 0 radical (unpaired) electrons. The highest BCUT2D eigenvalue weighted by Crippen LogP contribution is 2.67. The molecule has 1 aliphatic heterocycles. The lowest BCUT2D eigenvalue weighted by Gasteiger charge is -2.26. The molecule has 1 amide bonds. The Balaban J connectivity index is 1.30. The molecular formula is C22H25F3N4O3S. The number of halogens is 3. The van der Waals surface area contributed by atoms with Gasteiger partial charge in [-0.25, -0.2) is 13.4 Å². The lowest BCUT2D eigenvalue weighted by Crippen LogP contribution is -2.39. The van der Waals surface area contributed by atoms with Crippen LogP contribution in [-0.2, 0) is 23.2 Å². The highest BCUT2D eigenvalue weighted by molar-refractivity contribution is 7.89. The van der Waals surface area contributed by atoms with Gasteiger partial charge in [0.05, 0.1) is 17.5 Å². The maximum atomic E-state index is 13.3. The van der Waals surface area contributed by atoms with Crippen molar-refractivity contribution in [2.24, 2.45) is 30.2 Å². The standard InChI is InChI=1S/C22H25F3N4O3S/c1-28-11-19(27-13-28)33(31,32)29-9-17-18(10-29)21(17,8-14-6-7-14)12-26-20(30)15-4-2-3-5-16(15)22(23,24)25/h2-5,11,13-14,17-18H,6-10,12H2,1H3,(H,26,30). The third kappa shape index (κ3) is 3.95. The minimum atomic E-state index is -4.62. The molecule has 2 heterocycles. The molecule has 3 aliphatic rings. The highest BCUT2D eigenvalue weighted by atomic mass is 32.2. The van der Waals surface area contributed by atoms with Crippen LogP contribution in [0.15, 0.2) is 41.8 Å². The van der Waals surface area contributed by atoms with Gasteiger partial charge in [-0.05, 0) is 41.7 Å². The maximum absolute atomic E-state index is 13.3. The lowest BCUT2D eigenvalue weighted by atomic mass is 9.92. The van der Waals surface area contributed by atoms with Crippen LogP contribution in [0.25, 0.3) is 0 Å². The van der Waals surface area contributed by atoms with E-state index in [-0.39, 0.29) is 28.8 Å². The van der Waals surface area contributed by atoms with Crippen LogP contribution in [0.4, 0.5) is 13.2 Å². The quantitative estimate of drug-likeness (QED) is 0.658. The van der Waals surface area contributed by atoms with Gasteiger partial charge in [0.15, 0.2) is 5.03 Å². The molecule has 0 spiro atoms. The van der Waals surface area contributed by atoms with E-state index in [1.807, 2.05) is 0 Å². The van der Waals surface area contributed by atoms with E-state index < -0.39 is 33.2 Å². The molecular weight excluding hydrogens is 457 g/mol. The van der Waals surface area contributed by atoms with Crippen LogP contribution in [0.1, 0.15) is 35.2 Å². The Kier molecular flexibility index (Phi) is 5.13. The summed E-state index contributed by atoms with van der Waals surface area (Å²) >= 11 is 0. The Morgan fingerprint density at radius 3 is 2.45 bits per heavy atom. The number of alkyl halides is 3. The highest BCUT2D eigenvalue weighted by Gasteiger charge is 2.69. The topological polar surface area (TPSA) is 84.3 Å². The van der Waals surface area contributed by atoms with Gasteiger partial charge >= 0.3 is 6.18 Å². The second-order valence-corrected chi connectivity index (χ2v) is 11.4. The number of imidazole rings is 1. The number of nitrogens with zero attached hydrogens (tertiary/aromatic N) is 3. The van der Waals surface area contributed by atoms with Gasteiger partial charge in [0.25, 0.3) is 15.9 Å². The van der Waals surface area contributed by atoms with Crippen LogP contribution in [0.3, 0.4) is 0 Å². The van der Waals surface area contributed by atoms with E-state index in [1.54, 1.807) is 11.6 Å². The third-order valence-electron chi connectivity index (χ3n) is 7.36.